The molecule has 5 heteroatoms. The van der Waals surface area contributed by atoms with E-state index in [0.717, 1.165) is 12.8 Å². The minimum atomic E-state index is -0.884. The minimum absolute atomic E-state index is 0.109. The van der Waals surface area contributed by atoms with E-state index in [2.05, 4.69) is 0 Å². The quantitative estimate of drug-likeness (QED) is 0.797. The fourth-order valence-electron chi connectivity index (χ4n) is 3.32. The van der Waals surface area contributed by atoms with E-state index >= 15 is 0 Å². The normalized spacial score (nSPS) is 37.0. The van der Waals surface area contributed by atoms with Crippen molar-refractivity contribution in [1.82, 2.24) is 0 Å². The molecule has 1 heterocycles. The lowest BCUT2D eigenvalue weighted by Crippen LogP contribution is -2.34. The zero-order valence-electron chi connectivity index (χ0n) is 12.8. The summed E-state index contributed by atoms with van der Waals surface area (Å²) in [5.74, 6) is -0.449. The van der Waals surface area contributed by atoms with E-state index in [0.29, 0.717) is 13.2 Å². The molecule has 2 fully saturated rings. The second-order valence-electron chi connectivity index (χ2n) is 6.68. The SMILES string of the molecule is CCOC[C@@H]1O[C@H](O)C2C(C(=O)OC(C)(C)C)CCC21. The summed E-state index contributed by atoms with van der Waals surface area (Å²) in [7, 11) is 0. The van der Waals surface area contributed by atoms with Gasteiger partial charge in [-0.25, -0.2) is 0 Å². The molecule has 116 valence electrons. The molecule has 2 rings (SSSR count). The Labute approximate surface area is 120 Å². The van der Waals surface area contributed by atoms with Gasteiger partial charge >= 0.3 is 5.97 Å². The van der Waals surface area contributed by atoms with Crippen molar-refractivity contribution >= 4 is 5.97 Å². The van der Waals surface area contributed by atoms with Crippen molar-refractivity contribution in [2.75, 3.05) is 13.2 Å². The topological polar surface area (TPSA) is 65.0 Å². The lowest BCUT2D eigenvalue weighted by Gasteiger charge is -2.25. The first-order chi connectivity index (χ1) is 9.33. The van der Waals surface area contributed by atoms with E-state index in [1.165, 1.54) is 0 Å². The Bertz CT molecular complexity index is 349. The van der Waals surface area contributed by atoms with Crippen molar-refractivity contribution in [3.8, 4) is 0 Å². The first-order valence-electron chi connectivity index (χ1n) is 7.47. The second-order valence-corrected chi connectivity index (χ2v) is 6.68. The van der Waals surface area contributed by atoms with Crippen LogP contribution in [-0.2, 0) is 19.0 Å². The third kappa shape index (κ3) is 3.32. The van der Waals surface area contributed by atoms with Gasteiger partial charge in [0.25, 0.3) is 0 Å². The maximum atomic E-state index is 12.2. The van der Waals surface area contributed by atoms with Gasteiger partial charge in [0.2, 0.25) is 0 Å². The van der Waals surface area contributed by atoms with E-state index in [-0.39, 0.29) is 29.8 Å². The van der Waals surface area contributed by atoms with Gasteiger partial charge in [-0.15, -0.1) is 0 Å². The second kappa shape index (κ2) is 6.00. The molecule has 1 aliphatic heterocycles. The van der Waals surface area contributed by atoms with Gasteiger partial charge in [-0.2, -0.15) is 0 Å². The fourth-order valence-corrected chi connectivity index (χ4v) is 3.32. The number of esters is 1. The number of ether oxygens (including phenoxy) is 3. The van der Waals surface area contributed by atoms with Crippen LogP contribution in [-0.4, -0.2) is 42.3 Å². The molecule has 0 amide bonds. The summed E-state index contributed by atoms with van der Waals surface area (Å²) in [6.45, 7) is 8.62. The number of hydrogen-bond acceptors (Lipinski definition) is 5. The van der Waals surface area contributed by atoms with Gasteiger partial charge in [-0.3, -0.25) is 4.79 Å². The fraction of sp³-hybridized carbons (Fsp3) is 0.933. The highest BCUT2D eigenvalue weighted by atomic mass is 16.6. The summed E-state index contributed by atoms with van der Waals surface area (Å²) in [4.78, 5) is 12.2. The minimum Gasteiger partial charge on any atom is -0.460 e. The molecular formula is C15H26O5. The number of rotatable bonds is 4. The van der Waals surface area contributed by atoms with Crippen molar-refractivity contribution in [3.05, 3.63) is 0 Å². The maximum Gasteiger partial charge on any atom is 0.309 e. The van der Waals surface area contributed by atoms with Crippen LogP contribution in [0.5, 0.6) is 0 Å². The Hall–Kier alpha value is -0.650. The average molecular weight is 286 g/mol. The number of carbonyl (C=O) groups excluding carboxylic acids is 1. The predicted octanol–water partition coefficient (Wildman–Crippen LogP) is 1.72. The van der Waals surface area contributed by atoms with Gasteiger partial charge in [0, 0.05) is 12.5 Å². The highest BCUT2D eigenvalue weighted by Crippen LogP contribution is 2.48. The Balaban J connectivity index is 2.00. The molecular weight excluding hydrogens is 260 g/mol. The summed E-state index contributed by atoms with van der Waals surface area (Å²) in [5.41, 5.74) is -0.496. The van der Waals surface area contributed by atoms with Gasteiger partial charge < -0.3 is 19.3 Å². The van der Waals surface area contributed by atoms with Crippen LogP contribution < -0.4 is 0 Å². The van der Waals surface area contributed by atoms with Crippen LogP contribution >= 0.6 is 0 Å². The number of hydrogen-bond donors (Lipinski definition) is 1. The summed E-state index contributed by atoms with van der Waals surface area (Å²) in [6, 6.07) is 0. The molecule has 1 saturated heterocycles. The smallest absolute Gasteiger partial charge is 0.309 e. The van der Waals surface area contributed by atoms with Crippen LogP contribution in [0.15, 0.2) is 0 Å². The van der Waals surface area contributed by atoms with Crippen LogP contribution in [0, 0.1) is 17.8 Å². The monoisotopic (exact) mass is 286 g/mol. The van der Waals surface area contributed by atoms with Crippen molar-refractivity contribution in [1.29, 1.82) is 0 Å². The number of aliphatic hydroxyl groups excluding tert-OH is 1. The van der Waals surface area contributed by atoms with E-state index in [1.807, 2.05) is 27.7 Å². The van der Waals surface area contributed by atoms with Crippen LogP contribution in [0.4, 0.5) is 0 Å². The van der Waals surface area contributed by atoms with Gasteiger partial charge in [-0.05, 0) is 46.5 Å². The highest BCUT2D eigenvalue weighted by Gasteiger charge is 2.54. The first kappa shape index (κ1) is 15.7. The van der Waals surface area contributed by atoms with Gasteiger partial charge in [0.1, 0.15) is 5.60 Å². The Morgan fingerprint density at radius 3 is 2.65 bits per heavy atom. The molecule has 0 bridgehead atoms. The largest absolute Gasteiger partial charge is 0.460 e. The van der Waals surface area contributed by atoms with Crippen molar-refractivity contribution in [2.45, 2.75) is 58.5 Å². The Morgan fingerprint density at radius 1 is 1.35 bits per heavy atom. The molecule has 0 aromatic carbocycles. The lowest BCUT2D eigenvalue weighted by molar-refractivity contribution is -0.169. The molecule has 2 aliphatic rings. The number of carbonyl (C=O) groups is 1. The summed E-state index contributed by atoms with van der Waals surface area (Å²) in [5, 5.41) is 10.1. The Kier molecular flexibility index (Phi) is 4.72. The van der Waals surface area contributed by atoms with E-state index < -0.39 is 11.9 Å². The standard InChI is InChI=1S/C15H26O5/c1-5-18-8-11-9-6-7-10(12(9)14(17)19-11)13(16)20-15(2,3)4/h9-12,14,17H,5-8H2,1-4H3/t9?,10?,11-,12?,14-/m0/s1. The lowest BCUT2D eigenvalue weighted by atomic mass is 9.88. The first-order valence-corrected chi connectivity index (χ1v) is 7.47. The van der Waals surface area contributed by atoms with E-state index in [9.17, 15) is 9.90 Å². The van der Waals surface area contributed by atoms with Crippen LogP contribution in [0.2, 0.25) is 0 Å². The molecule has 0 aromatic rings. The molecule has 5 atom stereocenters. The number of fused-ring (bicyclic) bond motifs is 1. The molecule has 1 saturated carbocycles. The Morgan fingerprint density at radius 2 is 2.05 bits per heavy atom. The van der Waals surface area contributed by atoms with Crippen molar-refractivity contribution < 1.29 is 24.1 Å². The average Bonchev–Trinajstić information content (AvgIpc) is 2.87. The molecule has 0 radical (unpaired) electrons. The van der Waals surface area contributed by atoms with E-state index in [4.69, 9.17) is 14.2 Å². The summed E-state index contributed by atoms with van der Waals surface area (Å²) >= 11 is 0. The third-order valence-electron chi connectivity index (χ3n) is 4.09. The van der Waals surface area contributed by atoms with Gasteiger partial charge in [-0.1, -0.05) is 0 Å². The van der Waals surface area contributed by atoms with Crippen LogP contribution in [0.3, 0.4) is 0 Å². The predicted molar refractivity (Wildman–Crippen MR) is 72.9 cm³/mol. The van der Waals surface area contributed by atoms with Crippen LogP contribution in [0.25, 0.3) is 0 Å². The zero-order valence-corrected chi connectivity index (χ0v) is 12.8. The summed E-state index contributed by atoms with van der Waals surface area (Å²) in [6.07, 6.45) is 0.643. The molecule has 0 spiro atoms. The summed E-state index contributed by atoms with van der Waals surface area (Å²) < 4.78 is 16.4. The van der Waals surface area contributed by atoms with Gasteiger partial charge in [0.15, 0.2) is 6.29 Å². The molecule has 3 unspecified atom stereocenters. The molecule has 20 heavy (non-hydrogen) atoms. The van der Waals surface area contributed by atoms with Crippen molar-refractivity contribution in [3.63, 3.8) is 0 Å². The molecule has 1 aliphatic carbocycles. The van der Waals surface area contributed by atoms with Crippen LogP contribution in [0.1, 0.15) is 40.5 Å². The van der Waals surface area contributed by atoms with E-state index in [1.54, 1.807) is 0 Å². The maximum absolute atomic E-state index is 12.2. The highest BCUT2D eigenvalue weighted by molar-refractivity contribution is 5.73. The third-order valence-corrected chi connectivity index (χ3v) is 4.09. The molecule has 1 N–H and O–H groups in total. The van der Waals surface area contributed by atoms with Crippen molar-refractivity contribution in [2.24, 2.45) is 17.8 Å². The number of aliphatic hydroxyl groups is 1. The zero-order chi connectivity index (χ0) is 14.9. The molecule has 0 aromatic heterocycles. The van der Waals surface area contributed by atoms with Gasteiger partial charge in [0.05, 0.1) is 18.6 Å². The molecule has 5 nitrogen and oxygen atoms in total.